The topological polar surface area (TPSA) is 43.3 Å². The molecule has 0 atom stereocenters. The third-order valence-corrected chi connectivity index (χ3v) is 4.63. The molecule has 4 rings (SSSR count). The highest BCUT2D eigenvalue weighted by atomic mass is 35.5. The number of rotatable bonds is 1. The molecule has 0 fully saturated rings. The van der Waals surface area contributed by atoms with E-state index < -0.39 is 0 Å². The second-order valence-electron chi connectivity index (χ2n) is 4.54. The maximum Gasteiger partial charge on any atom is 0.157 e. The Labute approximate surface area is 124 Å². The molecule has 98 valence electrons. The lowest BCUT2D eigenvalue weighted by Crippen LogP contribution is -1.93. The molecule has 2 N–H and O–H groups in total. The van der Waals surface area contributed by atoms with Crippen LogP contribution in [0.1, 0.15) is 0 Å². The average molecular weight is 300 g/mol. The minimum Gasteiger partial charge on any atom is -0.383 e. The average Bonchev–Trinajstić information content (AvgIpc) is 3.02. The zero-order valence-electron chi connectivity index (χ0n) is 10.4. The minimum absolute atomic E-state index is 0.602. The number of imidazole rings is 1. The summed E-state index contributed by atoms with van der Waals surface area (Å²) in [5.41, 5.74) is 8.77. The Morgan fingerprint density at radius 2 is 2.00 bits per heavy atom. The standard InChI is InChI=1S/C15H10ClN3S/c16-11-5-3-7-19-14(17)13(18-15(11)19)10-8-20-12-6-2-1-4-9(10)12/h1-8H,17H2. The minimum atomic E-state index is 0.602. The van der Waals surface area contributed by atoms with E-state index in [2.05, 4.69) is 22.5 Å². The molecule has 5 heteroatoms. The Morgan fingerprint density at radius 3 is 2.85 bits per heavy atom. The smallest absolute Gasteiger partial charge is 0.157 e. The summed E-state index contributed by atoms with van der Waals surface area (Å²) >= 11 is 7.88. The number of fused-ring (bicyclic) bond motifs is 2. The van der Waals surface area contributed by atoms with Crippen LogP contribution in [0.5, 0.6) is 0 Å². The van der Waals surface area contributed by atoms with Gasteiger partial charge in [-0.1, -0.05) is 29.8 Å². The van der Waals surface area contributed by atoms with Gasteiger partial charge in [0.05, 0.1) is 5.02 Å². The predicted molar refractivity (Wildman–Crippen MR) is 85.4 cm³/mol. The van der Waals surface area contributed by atoms with Crippen LogP contribution in [-0.2, 0) is 0 Å². The molecule has 0 aliphatic rings. The van der Waals surface area contributed by atoms with Crippen molar-refractivity contribution in [3.63, 3.8) is 0 Å². The van der Waals surface area contributed by atoms with Gasteiger partial charge in [-0.05, 0) is 18.2 Å². The van der Waals surface area contributed by atoms with Gasteiger partial charge in [0, 0.05) is 27.2 Å². The number of aromatic nitrogens is 2. The number of halogens is 1. The van der Waals surface area contributed by atoms with Crippen molar-refractivity contribution in [2.45, 2.75) is 0 Å². The number of thiophene rings is 1. The van der Waals surface area contributed by atoms with Gasteiger partial charge in [0.2, 0.25) is 0 Å². The van der Waals surface area contributed by atoms with Crippen LogP contribution in [0, 0.1) is 0 Å². The van der Waals surface area contributed by atoms with Crippen molar-refractivity contribution in [2.24, 2.45) is 0 Å². The predicted octanol–water partition coefficient (Wildman–Crippen LogP) is 4.45. The van der Waals surface area contributed by atoms with Crippen LogP contribution in [0.2, 0.25) is 5.02 Å². The lowest BCUT2D eigenvalue weighted by atomic mass is 10.1. The Bertz CT molecular complexity index is 939. The molecule has 1 aromatic carbocycles. The molecular weight excluding hydrogens is 290 g/mol. The van der Waals surface area contributed by atoms with Crippen molar-refractivity contribution >= 4 is 44.5 Å². The van der Waals surface area contributed by atoms with Crippen LogP contribution < -0.4 is 5.73 Å². The molecule has 0 saturated heterocycles. The number of nitrogens with zero attached hydrogens (tertiary/aromatic N) is 2. The normalized spacial score (nSPS) is 11.4. The quantitative estimate of drug-likeness (QED) is 0.564. The van der Waals surface area contributed by atoms with Gasteiger partial charge < -0.3 is 5.73 Å². The second-order valence-corrected chi connectivity index (χ2v) is 5.86. The fourth-order valence-corrected chi connectivity index (χ4v) is 3.56. The molecule has 0 aliphatic heterocycles. The summed E-state index contributed by atoms with van der Waals surface area (Å²) in [6, 6.07) is 11.9. The van der Waals surface area contributed by atoms with Crippen LogP contribution in [0.4, 0.5) is 5.82 Å². The number of hydrogen-bond acceptors (Lipinski definition) is 3. The lowest BCUT2D eigenvalue weighted by molar-refractivity contribution is 1.20. The van der Waals surface area contributed by atoms with Crippen LogP contribution in [0.25, 0.3) is 27.0 Å². The highest BCUT2D eigenvalue weighted by molar-refractivity contribution is 7.17. The summed E-state index contributed by atoms with van der Waals surface area (Å²) in [7, 11) is 0. The van der Waals surface area contributed by atoms with E-state index in [1.165, 1.54) is 10.1 Å². The van der Waals surface area contributed by atoms with E-state index in [4.69, 9.17) is 17.3 Å². The van der Waals surface area contributed by atoms with Gasteiger partial charge in [0.1, 0.15) is 11.5 Å². The summed E-state index contributed by atoms with van der Waals surface area (Å²) in [6.07, 6.45) is 1.88. The highest BCUT2D eigenvalue weighted by Gasteiger charge is 2.16. The Hall–Kier alpha value is -2.04. The van der Waals surface area contributed by atoms with E-state index in [9.17, 15) is 0 Å². The Morgan fingerprint density at radius 1 is 1.15 bits per heavy atom. The maximum atomic E-state index is 6.24. The first-order valence-corrected chi connectivity index (χ1v) is 7.40. The maximum absolute atomic E-state index is 6.24. The fraction of sp³-hybridized carbons (Fsp3) is 0. The summed E-state index contributed by atoms with van der Waals surface area (Å²) < 4.78 is 3.05. The van der Waals surface area contributed by atoms with Crippen molar-refractivity contribution in [3.05, 3.63) is 53.0 Å². The first-order chi connectivity index (χ1) is 9.75. The first-order valence-electron chi connectivity index (χ1n) is 6.14. The fourth-order valence-electron chi connectivity index (χ4n) is 2.41. The van der Waals surface area contributed by atoms with Crippen LogP contribution >= 0.6 is 22.9 Å². The zero-order valence-corrected chi connectivity index (χ0v) is 11.9. The van der Waals surface area contributed by atoms with Gasteiger partial charge in [-0.15, -0.1) is 11.3 Å². The van der Waals surface area contributed by atoms with Crippen molar-refractivity contribution in [2.75, 3.05) is 5.73 Å². The van der Waals surface area contributed by atoms with E-state index in [0.717, 1.165) is 11.3 Å². The van der Waals surface area contributed by atoms with Crippen LogP contribution in [0.3, 0.4) is 0 Å². The van der Waals surface area contributed by atoms with E-state index in [1.54, 1.807) is 11.3 Å². The second kappa shape index (κ2) is 4.23. The monoisotopic (exact) mass is 299 g/mol. The molecule has 0 radical (unpaired) electrons. The highest BCUT2D eigenvalue weighted by Crippen LogP contribution is 2.37. The van der Waals surface area contributed by atoms with Crippen molar-refractivity contribution < 1.29 is 0 Å². The molecule has 0 bridgehead atoms. The SMILES string of the molecule is Nc1c(-c2csc3ccccc23)nc2c(Cl)cccn12. The third kappa shape index (κ3) is 1.55. The molecule has 0 amide bonds. The number of anilines is 1. The number of hydrogen-bond donors (Lipinski definition) is 1. The van der Waals surface area contributed by atoms with Gasteiger partial charge in [-0.3, -0.25) is 4.40 Å². The Balaban J connectivity index is 2.08. The number of nitrogens with two attached hydrogens (primary N) is 1. The summed E-state index contributed by atoms with van der Waals surface area (Å²) in [5, 5.41) is 3.87. The van der Waals surface area contributed by atoms with E-state index in [0.29, 0.717) is 16.5 Å². The molecular formula is C15H10ClN3S. The van der Waals surface area contributed by atoms with Crippen LogP contribution in [0.15, 0.2) is 48.0 Å². The van der Waals surface area contributed by atoms with Gasteiger partial charge in [0.15, 0.2) is 5.65 Å². The summed E-state index contributed by atoms with van der Waals surface area (Å²) in [5.74, 6) is 0.617. The van der Waals surface area contributed by atoms with Gasteiger partial charge in [-0.2, -0.15) is 0 Å². The molecule has 20 heavy (non-hydrogen) atoms. The lowest BCUT2D eigenvalue weighted by Gasteiger charge is -1.98. The van der Waals surface area contributed by atoms with Gasteiger partial charge in [0.25, 0.3) is 0 Å². The van der Waals surface area contributed by atoms with E-state index in [1.807, 2.05) is 34.9 Å². The molecule has 3 aromatic heterocycles. The number of pyridine rings is 1. The molecule has 3 heterocycles. The zero-order chi connectivity index (χ0) is 13.7. The third-order valence-electron chi connectivity index (χ3n) is 3.38. The molecule has 3 nitrogen and oxygen atoms in total. The van der Waals surface area contributed by atoms with E-state index >= 15 is 0 Å². The number of nitrogen functional groups attached to an aromatic ring is 1. The van der Waals surface area contributed by atoms with Gasteiger partial charge >= 0.3 is 0 Å². The number of benzene rings is 1. The molecule has 0 saturated carbocycles. The first kappa shape index (κ1) is 11.8. The molecule has 0 aliphatic carbocycles. The van der Waals surface area contributed by atoms with E-state index in [-0.39, 0.29) is 0 Å². The Kier molecular flexibility index (Phi) is 2.49. The largest absolute Gasteiger partial charge is 0.383 e. The van der Waals surface area contributed by atoms with Crippen molar-refractivity contribution in [1.29, 1.82) is 0 Å². The van der Waals surface area contributed by atoms with Crippen LogP contribution in [-0.4, -0.2) is 9.38 Å². The summed E-state index contributed by atoms with van der Waals surface area (Å²) in [4.78, 5) is 4.62. The van der Waals surface area contributed by atoms with Crippen molar-refractivity contribution in [3.8, 4) is 11.3 Å². The molecule has 0 spiro atoms. The van der Waals surface area contributed by atoms with Crippen molar-refractivity contribution in [1.82, 2.24) is 9.38 Å². The van der Waals surface area contributed by atoms with Gasteiger partial charge in [-0.25, -0.2) is 4.98 Å². The molecule has 0 unspecified atom stereocenters. The molecule has 4 aromatic rings. The summed E-state index contributed by atoms with van der Waals surface area (Å²) in [6.45, 7) is 0.